The summed E-state index contributed by atoms with van der Waals surface area (Å²) >= 11 is 6.06. The van der Waals surface area contributed by atoms with Crippen molar-refractivity contribution < 1.29 is 19.0 Å². The van der Waals surface area contributed by atoms with Gasteiger partial charge in [-0.2, -0.15) is 0 Å². The van der Waals surface area contributed by atoms with Crippen LogP contribution < -0.4 is 14.2 Å². The molecule has 0 radical (unpaired) electrons. The van der Waals surface area contributed by atoms with Crippen LogP contribution in [0.15, 0.2) is 72.8 Å². The van der Waals surface area contributed by atoms with Crippen LogP contribution in [0.2, 0.25) is 5.02 Å². The van der Waals surface area contributed by atoms with Crippen LogP contribution in [0.4, 0.5) is 0 Å². The van der Waals surface area contributed by atoms with Gasteiger partial charge in [0.2, 0.25) is 0 Å². The van der Waals surface area contributed by atoms with Crippen LogP contribution in [0.25, 0.3) is 0 Å². The number of benzene rings is 3. The summed E-state index contributed by atoms with van der Waals surface area (Å²) < 4.78 is 16.6. The first-order valence-electron chi connectivity index (χ1n) is 8.51. The molecule has 0 N–H and O–H groups in total. The Hall–Kier alpha value is -2.98. The molecule has 0 unspecified atom stereocenters. The fourth-order valence-corrected chi connectivity index (χ4v) is 2.52. The lowest BCUT2D eigenvalue weighted by atomic mass is 10.2. The molecule has 3 rings (SSSR count). The number of halogens is 1. The third-order valence-corrected chi connectivity index (χ3v) is 4.19. The Morgan fingerprint density at radius 2 is 1.52 bits per heavy atom. The maximum atomic E-state index is 12.3. The van der Waals surface area contributed by atoms with Crippen molar-refractivity contribution in [3.63, 3.8) is 0 Å². The van der Waals surface area contributed by atoms with Crippen molar-refractivity contribution in [2.75, 3.05) is 13.2 Å². The predicted octanol–water partition coefficient (Wildman–Crippen LogP) is 5.33. The first-order valence-corrected chi connectivity index (χ1v) is 8.89. The van der Waals surface area contributed by atoms with Gasteiger partial charge in [-0.15, -0.1) is 0 Å². The van der Waals surface area contributed by atoms with Gasteiger partial charge in [0.25, 0.3) is 0 Å². The van der Waals surface area contributed by atoms with Crippen molar-refractivity contribution in [3.05, 3.63) is 88.9 Å². The summed E-state index contributed by atoms with van der Waals surface area (Å²) in [6.45, 7) is 2.65. The average Bonchev–Trinajstić information content (AvgIpc) is 2.69. The number of para-hydroxylation sites is 1. The van der Waals surface area contributed by atoms with Crippen LogP contribution in [0.5, 0.6) is 17.2 Å². The standard InChI is InChI=1S/C22H19ClO4/c1-16-10-11-20(15-21(16)23)27-22(24)17-6-5-9-19(14-17)26-13-12-25-18-7-3-2-4-8-18/h2-11,14-15H,12-13H2,1H3. The van der Waals surface area contributed by atoms with Crippen LogP contribution in [0, 0.1) is 6.92 Å². The summed E-state index contributed by atoms with van der Waals surface area (Å²) in [4.78, 5) is 12.3. The molecule has 0 fully saturated rings. The van der Waals surface area contributed by atoms with Crippen molar-refractivity contribution >= 4 is 17.6 Å². The van der Waals surface area contributed by atoms with Crippen LogP contribution in [-0.2, 0) is 0 Å². The third kappa shape index (κ3) is 5.50. The van der Waals surface area contributed by atoms with Gasteiger partial charge in [0, 0.05) is 5.02 Å². The summed E-state index contributed by atoms with van der Waals surface area (Å²) in [7, 11) is 0. The second-order valence-corrected chi connectivity index (χ2v) is 6.25. The number of ether oxygens (including phenoxy) is 3. The second kappa shape index (κ2) is 9.10. The van der Waals surface area contributed by atoms with Gasteiger partial charge in [0.15, 0.2) is 0 Å². The van der Waals surface area contributed by atoms with E-state index in [0.29, 0.717) is 35.3 Å². The van der Waals surface area contributed by atoms with E-state index in [1.165, 1.54) is 0 Å². The van der Waals surface area contributed by atoms with Crippen molar-refractivity contribution in [3.8, 4) is 17.2 Å². The molecule has 138 valence electrons. The molecule has 0 aliphatic carbocycles. The van der Waals surface area contributed by atoms with E-state index in [1.807, 2.05) is 37.3 Å². The molecule has 27 heavy (non-hydrogen) atoms. The molecule has 0 aliphatic heterocycles. The molecule has 0 heterocycles. The van der Waals surface area contributed by atoms with E-state index in [0.717, 1.165) is 11.3 Å². The first-order chi connectivity index (χ1) is 13.1. The predicted molar refractivity (Wildman–Crippen MR) is 105 cm³/mol. The van der Waals surface area contributed by atoms with E-state index in [4.69, 9.17) is 25.8 Å². The molecule has 4 nitrogen and oxygen atoms in total. The minimum Gasteiger partial charge on any atom is -0.490 e. The molecule has 0 bridgehead atoms. The fraction of sp³-hybridized carbons (Fsp3) is 0.136. The molecule has 3 aromatic carbocycles. The Bertz CT molecular complexity index is 909. The molecule has 0 aromatic heterocycles. The van der Waals surface area contributed by atoms with Crippen LogP contribution in [-0.4, -0.2) is 19.2 Å². The monoisotopic (exact) mass is 382 g/mol. The highest BCUT2D eigenvalue weighted by Gasteiger charge is 2.10. The third-order valence-electron chi connectivity index (χ3n) is 3.79. The quantitative estimate of drug-likeness (QED) is 0.315. The maximum absolute atomic E-state index is 12.3. The summed E-state index contributed by atoms with van der Waals surface area (Å²) in [5.74, 6) is 1.29. The highest BCUT2D eigenvalue weighted by molar-refractivity contribution is 6.31. The van der Waals surface area contributed by atoms with Crippen LogP contribution >= 0.6 is 11.6 Å². The summed E-state index contributed by atoms with van der Waals surface area (Å²) in [6.07, 6.45) is 0. The van der Waals surface area contributed by atoms with Crippen molar-refractivity contribution in [1.82, 2.24) is 0 Å². The second-order valence-electron chi connectivity index (χ2n) is 5.84. The van der Waals surface area contributed by atoms with Crippen molar-refractivity contribution in [2.45, 2.75) is 6.92 Å². The molecule has 3 aromatic rings. The molecular weight excluding hydrogens is 364 g/mol. The number of rotatable bonds is 7. The summed E-state index contributed by atoms with van der Waals surface area (Å²) in [5, 5.41) is 0.552. The number of hydrogen-bond acceptors (Lipinski definition) is 4. The minimum absolute atomic E-state index is 0.362. The lowest BCUT2D eigenvalue weighted by molar-refractivity contribution is 0.0734. The topological polar surface area (TPSA) is 44.8 Å². The average molecular weight is 383 g/mol. The zero-order valence-electron chi connectivity index (χ0n) is 14.9. The largest absolute Gasteiger partial charge is 0.490 e. The Balaban J connectivity index is 1.54. The molecule has 0 saturated heterocycles. The summed E-state index contributed by atoms with van der Waals surface area (Å²) in [5.41, 5.74) is 1.32. The number of carbonyl (C=O) groups excluding carboxylic acids is 1. The first kappa shape index (κ1) is 18.8. The van der Waals surface area contributed by atoms with E-state index in [-0.39, 0.29) is 0 Å². The molecule has 0 aliphatic rings. The molecule has 0 atom stereocenters. The highest BCUT2D eigenvalue weighted by Crippen LogP contribution is 2.23. The van der Waals surface area contributed by atoms with Gasteiger partial charge in [0.05, 0.1) is 5.56 Å². The van der Waals surface area contributed by atoms with Crippen LogP contribution in [0.3, 0.4) is 0 Å². The Labute approximate surface area is 163 Å². The lowest BCUT2D eigenvalue weighted by Crippen LogP contribution is -2.11. The molecule has 0 saturated carbocycles. The maximum Gasteiger partial charge on any atom is 0.343 e. The van der Waals surface area contributed by atoms with Gasteiger partial charge >= 0.3 is 5.97 Å². The number of esters is 1. The van der Waals surface area contributed by atoms with E-state index >= 15 is 0 Å². The SMILES string of the molecule is Cc1ccc(OC(=O)c2cccc(OCCOc3ccccc3)c2)cc1Cl. The molecular formula is C22H19ClO4. The number of carbonyl (C=O) groups is 1. The number of aryl methyl sites for hydroxylation is 1. The van der Waals surface area contributed by atoms with Gasteiger partial charge in [-0.25, -0.2) is 4.79 Å². The van der Waals surface area contributed by atoms with Gasteiger partial charge in [-0.1, -0.05) is 41.9 Å². The van der Waals surface area contributed by atoms with E-state index in [1.54, 1.807) is 42.5 Å². The zero-order chi connectivity index (χ0) is 19.1. The Kier molecular flexibility index (Phi) is 6.34. The summed E-state index contributed by atoms with van der Waals surface area (Å²) in [6, 6.07) is 21.5. The zero-order valence-corrected chi connectivity index (χ0v) is 15.6. The molecule has 0 spiro atoms. The number of hydrogen-bond donors (Lipinski definition) is 0. The van der Waals surface area contributed by atoms with E-state index in [9.17, 15) is 4.79 Å². The lowest BCUT2D eigenvalue weighted by Gasteiger charge is -2.10. The Morgan fingerprint density at radius 3 is 2.26 bits per heavy atom. The van der Waals surface area contributed by atoms with Gasteiger partial charge in [-0.3, -0.25) is 0 Å². The van der Waals surface area contributed by atoms with Gasteiger partial charge < -0.3 is 14.2 Å². The molecule has 5 heteroatoms. The highest BCUT2D eigenvalue weighted by atomic mass is 35.5. The van der Waals surface area contributed by atoms with Gasteiger partial charge in [-0.05, 0) is 55.0 Å². The normalized spacial score (nSPS) is 10.3. The molecule has 0 amide bonds. The van der Waals surface area contributed by atoms with Crippen LogP contribution in [0.1, 0.15) is 15.9 Å². The minimum atomic E-state index is -0.471. The smallest absolute Gasteiger partial charge is 0.343 e. The van der Waals surface area contributed by atoms with Gasteiger partial charge in [0.1, 0.15) is 30.5 Å². The Morgan fingerprint density at radius 1 is 0.815 bits per heavy atom. The van der Waals surface area contributed by atoms with Crippen molar-refractivity contribution in [1.29, 1.82) is 0 Å². The van der Waals surface area contributed by atoms with E-state index < -0.39 is 5.97 Å². The van der Waals surface area contributed by atoms with E-state index in [2.05, 4.69) is 0 Å². The van der Waals surface area contributed by atoms with Crippen molar-refractivity contribution in [2.24, 2.45) is 0 Å². The fourth-order valence-electron chi connectivity index (χ4n) is 2.35.